The van der Waals surface area contributed by atoms with E-state index in [2.05, 4.69) is 5.32 Å². The maximum absolute atomic E-state index is 13.0. The third kappa shape index (κ3) is 3.64. The molecule has 1 rings (SSSR count). The zero-order valence-electron chi connectivity index (χ0n) is 10.7. The smallest absolute Gasteiger partial charge is 0.285 e. The quantitative estimate of drug-likeness (QED) is 0.526. The number of nitro groups is 1. The second kappa shape index (κ2) is 5.52. The van der Waals surface area contributed by atoms with Crippen molar-refractivity contribution in [1.82, 2.24) is 5.32 Å². The highest BCUT2D eigenvalue weighted by atomic mass is 35.5. The number of carbonyl (C=O) groups is 1. The van der Waals surface area contributed by atoms with Gasteiger partial charge in [-0.2, -0.15) is 0 Å². The van der Waals surface area contributed by atoms with E-state index in [1.807, 2.05) is 0 Å². The predicted octanol–water partition coefficient (Wildman–Crippen LogP) is 2.87. The Balaban J connectivity index is 3.10. The summed E-state index contributed by atoms with van der Waals surface area (Å²) in [5, 5.41) is 13.0. The highest BCUT2D eigenvalue weighted by Crippen LogP contribution is 2.22. The van der Waals surface area contributed by atoms with Crippen LogP contribution < -0.4 is 5.32 Å². The summed E-state index contributed by atoms with van der Waals surface area (Å²) in [5.74, 6) is -1.43. The lowest BCUT2D eigenvalue weighted by molar-refractivity contribution is -0.385. The molecule has 0 radical (unpaired) electrons. The number of rotatable bonds is 4. The molecule has 104 valence electrons. The molecule has 1 aromatic rings. The number of hydrogen-bond acceptors (Lipinski definition) is 3. The van der Waals surface area contributed by atoms with E-state index in [1.165, 1.54) is 0 Å². The molecule has 5 nitrogen and oxygen atoms in total. The fourth-order valence-electron chi connectivity index (χ4n) is 1.31. The zero-order chi connectivity index (χ0) is 14.8. The van der Waals surface area contributed by atoms with Crippen LogP contribution in [-0.2, 0) is 0 Å². The number of benzene rings is 1. The monoisotopic (exact) mass is 288 g/mol. The summed E-state index contributed by atoms with van der Waals surface area (Å²) < 4.78 is 13.0. The second-order valence-electron chi connectivity index (χ2n) is 4.71. The number of halogens is 2. The first-order chi connectivity index (χ1) is 8.65. The molecule has 0 aliphatic heterocycles. The maximum atomic E-state index is 13.0. The molecule has 1 N–H and O–H groups in total. The van der Waals surface area contributed by atoms with Crippen molar-refractivity contribution in [3.8, 4) is 0 Å². The van der Waals surface area contributed by atoms with Crippen molar-refractivity contribution >= 4 is 23.2 Å². The van der Waals surface area contributed by atoms with Gasteiger partial charge in [-0.1, -0.05) is 0 Å². The standard InChI is InChI=1S/C12H14ClFN2O3/c1-7(13)12(2,3)15-11(17)9-5-4-8(14)6-10(9)16(18)19/h4-7H,1-3H3,(H,15,17). The Labute approximate surface area is 114 Å². The van der Waals surface area contributed by atoms with Crippen molar-refractivity contribution in [1.29, 1.82) is 0 Å². The van der Waals surface area contributed by atoms with Crippen molar-refractivity contribution in [3.63, 3.8) is 0 Å². The van der Waals surface area contributed by atoms with Gasteiger partial charge in [-0.3, -0.25) is 14.9 Å². The minimum atomic E-state index is -0.797. The summed E-state index contributed by atoms with van der Waals surface area (Å²) in [6, 6.07) is 2.79. The number of amides is 1. The molecule has 0 bridgehead atoms. The minimum absolute atomic E-state index is 0.197. The van der Waals surface area contributed by atoms with Crippen LogP contribution in [-0.4, -0.2) is 21.7 Å². The topological polar surface area (TPSA) is 72.2 Å². The lowest BCUT2D eigenvalue weighted by Gasteiger charge is -2.28. The zero-order valence-corrected chi connectivity index (χ0v) is 11.5. The number of nitrogens with one attached hydrogen (secondary N) is 1. The summed E-state index contributed by atoms with van der Waals surface area (Å²) in [6.07, 6.45) is 0. The molecular weight excluding hydrogens is 275 g/mol. The van der Waals surface area contributed by atoms with Crippen LogP contribution in [0.1, 0.15) is 31.1 Å². The Morgan fingerprint density at radius 3 is 2.58 bits per heavy atom. The fourth-order valence-corrected chi connectivity index (χ4v) is 1.36. The number of nitrogens with zero attached hydrogens (tertiary/aromatic N) is 1. The van der Waals surface area contributed by atoms with Crippen molar-refractivity contribution in [2.75, 3.05) is 0 Å². The molecule has 0 aromatic heterocycles. The van der Waals surface area contributed by atoms with Crippen LogP contribution in [0.15, 0.2) is 18.2 Å². The summed E-state index contributed by atoms with van der Waals surface area (Å²) in [6.45, 7) is 5.08. The molecule has 1 amide bonds. The van der Waals surface area contributed by atoms with Gasteiger partial charge in [-0.25, -0.2) is 4.39 Å². The molecular formula is C12H14ClFN2O3. The normalized spacial score (nSPS) is 12.9. The first-order valence-corrected chi connectivity index (χ1v) is 5.99. The third-order valence-electron chi connectivity index (χ3n) is 2.83. The van der Waals surface area contributed by atoms with Crippen LogP contribution in [0.3, 0.4) is 0 Å². The molecule has 7 heteroatoms. The van der Waals surface area contributed by atoms with Crippen molar-refractivity contribution in [2.24, 2.45) is 0 Å². The van der Waals surface area contributed by atoms with Crippen molar-refractivity contribution in [2.45, 2.75) is 31.7 Å². The highest BCUT2D eigenvalue weighted by Gasteiger charge is 2.29. The molecule has 1 unspecified atom stereocenters. The van der Waals surface area contributed by atoms with Gasteiger partial charge in [0.25, 0.3) is 11.6 Å². The molecule has 0 heterocycles. The molecule has 0 spiro atoms. The molecule has 0 fully saturated rings. The Morgan fingerprint density at radius 1 is 1.53 bits per heavy atom. The van der Waals surface area contributed by atoms with E-state index in [0.29, 0.717) is 6.07 Å². The van der Waals surface area contributed by atoms with Crippen LogP contribution in [0.5, 0.6) is 0 Å². The van der Waals surface area contributed by atoms with Crippen molar-refractivity contribution in [3.05, 3.63) is 39.7 Å². The van der Waals surface area contributed by atoms with Crippen LogP contribution in [0.2, 0.25) is 0 Å². The van der Waals surface area contributed by atoms with E-state index in [0.717, 1.165) is 12.1 Å². The van der Waals surface area contributed by atoms with Gasteiger partial charge in [0.2, 0.25) is 0 Å². The lowest BCUT2D eigenvalue weighted by Crippen LogP contribution is -2.49. The van der Waals surface area contributed by atoms with E-state index in [4.69, 9.17) is 11.6 Å². The Morgan fingerprint density at radius 2 is 2.11 bits per heavy atom. The van der Waals surface area contributed by atoms with Crippen LogP contribution in [0, 0.1) is 15.9 Å². The third-order valence-corrected chi connectivity index (χ3v) is 3.38. The van der Waals surface area contributed by atoms with E-state index in [1.54, 1.807) is 20.8 Å². The molecule has 1 atom stereocenters. The largest absolute Gasteiger partial charge is 0.345 e. The second-order valence-corrected chi connectivity index (χ2v) is 5.37. The van der Waals surface area contributed by atoms with Gasteiger partial charge >= 0.3 is 0 Å². The van der Waals surface area contributed by atoms with Gasteiger partial charge in [0.05, 0.1) is 21.9 Å². The highest BCUT2D eigenvalue weighted by molar-refractivity contribution is 6.21. The predicted molar refractivity (Wildman–Crippen MR) is 69.9 cm³/mol. The molecule has 19 heavy (non-hydrogen) atoms. The SMILES string of the molecule is CC(Cl)C(C)(C)NC(=O)c1ccc(F)cc1[N+](=O)[O-]. The molecule has 1 aromatic carbocycles. The molecule has 0 aliphatic carbocycles. The Bertz CT molecular complexity index is 518. The van der Waals surface area contributed by atoms with Crippen LogP contribution in [0.4, 0.5) is 10.1 Å². The summed E-state index contributed by atoms with van der Waals surface area (Å²) in [5.41, 5.74) is -1.52. The van der Waals surface area contributed by atoms with E-state index in [9.17, 15) is 19.3 Å². The Hall–Kier alpha value is -1.69. The average Bonchev–Trinajstić information content (AvgIpc) is 2.27. The molecule has 0 aliphatic rings. The summed E-state index contributed by atoms with van der Waals surface area (Å²) >= 11 is 5.92. The Kier molecular flexibility index (Phi) is 4.47. The number of nitro benzene ring substituents is 1. The average molecular weight is 289 g/mol. The van der Waals surface area contributed by atoms with E-state index >= 15 is 0 Å². The summed E-state index contributed by atoms with van der Waals surface area (Å²) in [4.78, 5) is 22.0. The summed E-state index contributed by atoms with van der Waals surface area (Å²) in [7, 11) is 0. The minimum Gasteiger partial charge on any atom is -0.345 e. The van der Waals surface area contributed by atoms with Gasteiger partial charge in [0.1, 0.15) is 11.4 Å². The first-order valence-electron chi connectivity index (χ1n) is 5.55. The number of hydrogen-bond donors (Lipinski definition) is 1. The fraction of sp³-hybridized carbons (Fsp3) is 0.417. The van der Waals surface area contributed by atoms with Crippen LogP contribution >= 0.6 is 11.6 Å². The van der Waals surface area contributed by atoms with Gasteiger partial charge < -0.3 is 5.32 Å². The van der Waals surface area contributed by atoms with Gasteiger partial charge in [-0.05, 0) is 32.9 Å². The van der Waals surface area contributed by atoms with Gasteiger partial charge in [0, 0.05) is 0 Å². The van der Waals surface area contributed by atoms with Gasteiger partial charge in [0.15, 0.2) is 0 Å². The van der Waals surface area contributed by atoms with Crippen molar-refractivity contribution < 1.29 is 14.1 Å². The molecule has 0 saturated heterocycles. The number of alkyl halides is 1. The van der Waals surface area contributed by atoms with E-state index < -0.39 is 27.9 Å². The maximum Gasteiger partial charge on any atom is 0.285 e. The van der Waals surface area contributed by atoms with E-state index in [-0.39, 0.29) is 10.9 Å². The lowest BCUT2D eigenvalue weighted by atomic mass is 10.0. The first kappa shape index (κ1) is 15.4. The molecule has 0 saturated carbocycles. The number of carbonyl (C=O) groups excluding carboxylic acids is 1. The van der Waals surface area contributed by atoms with Crippen LogP contribution in [0.25, 0.3) is 0 Å². The van der Waals surface area contributed by atoms with Gasteiger partial charge in [-0.15, -0.1) is 11.6 Å².